The molecule has 2 aliphatic rings. The fourth-order valence-corrected chi connectivity index (χ4v) is 5.49. The average Bonchev–Trinajstić information content (AvgIpc) is 2.78. The lowest BCUT2D eigenvalue weighted by molar-refractivity contribution is -0.124. The molecule has 1 aliphatic heterocycles. The molecule has 1 atom stereocenters. The smallest absolute Gasteiger partial charge is 0.251 e. The molecule has 9 heteroatoms. The molecule has 31 heavy (non-hydrogen) atoms. The summed E-state index contributed by atoms with van der Waals surface area (Å²) in [6.07, 6.45) is 5.33. The van der Waals surface area contributed by atoms with E-state index in [1.54, 1.807) is 12.1 Å². The Morgan fingerprint density at radius 3 is 2.42 bits per heavy atom. The van der Waals surface area contributed by atoms with Gasteiger partial charge in [0.15, 0.2) is 0 Å². The molecule has 1 saturated heterocycles. The van der Waals surface area contributed by atoms with Gasteiger partial charge in [0.05, 0.1) is 18.1 Å². The maximum atomic E-state index is 12.9. The van der Waals surface area contributed by atoms with Crippen LogP contribution in [0.4, 0.5) is 0 Å². The number of carbonyl (C=O) groups excluding carboxylic acids is 2. The molecular weight excluding hydrogens is 418 g/mol. The number of hydrogen-bond acceptors (Lipinski definition) is 5. The SMILES string of the molecule is CC(C)[C@H](NC(=O)c1cccc(S(=O)(=O)N2CCOCC2)c1)C(=O)NC1CCCCC1. The van der Waals surface area contributed by atoms with Gasteiger partial charge in [-0.25, -0.2) is 8.42 Å². The van der Waals surface area contributed by atoms with E-state index in [9.17, 15) is 18.0 Å². The van der Waals surface area contributed by atoms with Crippen molar-refractivity contribution in [1.82, 2.24) is 14.9 Å². The molecule has 2 N–H and O–H groups in total. The van der Waals surface area contributed by atoms with Crippen LogP contribution >= 0.6 is 0 Å². The third kappa shape index (κ3) is 6.05. The predicted molar refractivity (Wildman–Crippen MR) is 117 cm³/mol. The lowest BCUT2D eigenvalue weighted by Crippen LogP contribution is -2.52. The van der Waals surface area contributed by atoms with E-state index in [2.05, 4.69) is 10.6 Å². The highest BCUT2D eigenvalue weighted by Gasteiger charge is 2.29. The number of carbonyl (C=O) groups is 2. The molecule has 1 heterocycles. The van der Waals surface area contributed by atoms with Gasteiger partial charge in [-0.1, -0.05) is 39.2 Å². The van der Waals surface area contributed by atoms with Crippen LogP contribution in [0.3, 0.4) is 0 Å². The predicted octanol–water partition coefficient (Wildman–Crippen LogP) is 1.91. The molecule has 0 radical (unpaired) electrons. The topological polar surface area (TPSA) is 105 Å². The second-order valence-electron chi connectivity index (χ2n) is 8.58. The van der Waals surface area contributed by atoms with Crippen molar-refractivity contribution in [2.24, 2.45) is 5.92 Å². The number of benzene rings is 1. The molecule has 0 spiro atoms. The Labute approximate surface area is 184 Å². The van der Waals surface area contributed by atoms with Crippen LogP contribution in [0.5, 0.6) is 0 Å². The maximum Gasteiger partial charge on any atom is 0.251 e. The van der Waals surface area contributed by atoms with E-state index in [-0.39, 0.29) is 41.4 Å². The summed E-state index contributed by atoms with van der Waals surface area (Å²) >= 11 is 0. The number of nitrogens with one attached hydrogen (secondary N) is 2. The van der Waals surface area contributed by atoms with Gasteiger partial charge in [-0.15, -0.1) is 0 Å². The first-order valence-corrected chi connectivity index (χ1v) is 12.5. The van der Waals surface area contributed by atoms with Gasteiger partial charge in [0.2, 0.25) is 15.9 Å². The third-order valence-corrected chi connectivity index (χ3v) is 7.79. The van der Waals surface area contributed by atoms with Gasteiger partial charge in [0.1, 0.15) is 6.04 Å². The molecule has 1 aromatic rings. The van der Waals surface area contributed by atoms with Crippen molar-refractivity contribution in [3.05, 3.63) is 29.8 Å². The van der Waals surface area contributed by atoms with Gasteiger partial charge >= 0.3 is 0 Å². The molecular formula is C22H33N3O5S. The first-order valence-electron chi connectivity index (χ1n) is 11.1. The Kier molecular flexibility index (Phi) is 8.07. The standard InChI is InChI=1S/C22H33N3O5S/c1-16(2)20(22(27)23-18-8-4-3-5-9-18)24-21(26)17-7-6-10-19(15-17)31(28,29)25-11-13-30-14-12-25/h6-7,10,15-16,18,20H,3-5,8-9,11-14H2,1-2H3,(H,23,27)(H,24,26)/t20-/m0/s1. The maximum absolute atomic E-state index is 12.9. The van der Waals surface area contributed by atoms with Gasteiger partial charge in [-0.05, 0) is 37.0 Å². The van der Waals surface area contributed by atoms with E-state index < -0.39 is 22.0 Å². The minimum atomic E-state index is -3.70. The van der Waals surface area contributed by atoms with E-state index in [4.69, 9.17) is 4.74 Å². The zero-order valence-electron chi connectivity index (χ0n) is 18.3. The Hall–Kier alpha value is -1.97. The fraction of sp³-hybridized carbons (Fsp3) is 0.636. The first-order chi connectivity index (χ1) is 14.8. The lowest BCUT2D eigenvalue weighted by Gasteiger charge is -2.28. The molecule has 0 unspecified atom stereocenters. The zero-order valence-corrected chi connectivity index (χ0v) is 19.1. The molecule has 0 bridgehead atoms. The fourth-order valence-electron chi connectivity index (χ4n) is 4.03. The highest BCUT2D eigenvalue weighted by Crippen LogP contribution is 2.20. The normalized spacial score (nSPS) is 19.7. The van der Waals surface area contributed by atoms with E-state index in [1.165, 1.54) is 22.9 Å². The average molecular weight is 452 g/mol. The summed E-state index contributed by atoms with van der Waals surface area (Å²) in [5.74, 6) is -0.753. The molecule has 2 amide bonds. The van der Waals surface area contributed by atoms with E-state index in [1.807, 2.05) is 13.8 Å². The molecule has 0 aromatic heterocycles. The van der Waals surface area contributed by atoms with Crippen molar-refractivity contribution in [2.45, 2.75) is 62.9 Å². The second kappa shape index (κ2) is 10.6. The van der Waals surface area contributed by atoms with Crippen LogP contribution in [-0.2, 0) is 19.6 Å². The quantitative estimate of drug-likeness (QED) is 0.659. The Morgan fingerprint density at radius 2 is 1.77 bits per heavy atom. The van der Waals surface area contributed by atoms with Crippen LogP contribution in [0.25, 0.3) is 0 Å². The van der Waals surface area contributed by atoms with Gasteiger partial charge in [0.25, 0.3) is 5.91 Å². The second-order valence-corrected chi connectivity index (χ2v) is 10.5. The van der Waals surface area contributed by atoms with Crippen LogP contribution in [0.1, 0.15) is 56.3 Å². The van der Waals surface area contributed by atoms with E-state index >= 15 is 0 Å². The van der Waals surface area contributed by atoms with Crippen molar-refractivity contribution in [3.63, 3.8) is 0 Å². The van der Waals surface area contributed by atoms with Crippen molar-refractivity contribution in [2.75, 3.05) is 26.3 Å². The summed E-state index contributed by atoms with van der Waals surface area (Å²) in [4.78, 5) is 25.8. The Balaban J connectivity index is 1.70. The number of sulfonamides is 1. The summed E-state index contributed by atoms with van der Waals surface area (Å²) in [5.41, 5.74) is 0.213. The summed E-state index contributed by atoms with van der Waals surface area (Å²) in [5, 5.41) is 5.87. The van der Waals surface area contributed by atoms with Crippen molar-refractivity contribution >= 4 is 21.8 Å². The van der Waals surface area contributed by atoms with Crippen molar-refractivity contribution in [3.8, 4) is 0 Å². The van der Waals surface area contributed by atoms with Gasteiger partial charge in [-0.2, -0.15) is 4.31 Å². The number of morpholine rings is 1. The highest BCUT2D eigenvalue weighted by molar-refractivity contribution is 7.89. The summed E-state index contributed by atoms with van der Waals surface area (Å²) < 4.78 is 32.4. The number of nitrogens with zero attached hydrogens (tertiary/aromatic N) is 1. The molecule has 172 valence electrons. The van der Waals surface area contributed by atoms with Crippen molar-refractivity contribution in [1.29, 1.82) is 0 Å². The van der Waals surface area contributed by atoms with Crippen molar-refractivity contribution < 1.29 is 22.7 Å². The molecule has 2 fully saturated rings. The monoisotopic (exact) mass is 451 g/mol. The lowest BCUT2D eigenvalue weighted by atomic mass is 9.94. The molecule has 8 nitrogen and oxygen atoms in total. The number of ether oxygens (including phenoxy) is 1. The molecule has 1 aliphatic carbocycles. The minimum absolute atomic E-state index is 0.0646. The largest absolute Gasteiger partial charge is 0.379 e. The van der Waals surface area contributed by atoms with Gasteiger partial charge < -0.3 is 15.4 Å². The molecule has 1 aromatic carbocycles. The highest BCUT2D eigenvalue weighted by atomic mass is 32.2. The first kappa shape index (κ1) is 23.7. The van der Waals surface area contributed by atoms with Gasteiger partial charge in [-0.3, -0.25) is 9.59 Å². The summed E-state index contributed by atoms with van der Waals surface area (Å²) in [7, 11) is -3.70. The Morgan fingerprint density at radius 1 is 1.10 bits per heavy atom. The number of rotatable bonds is 7. The minimum Gasteiger partial charge on any atom is -0.379 e. The molecule has 1 saturated carbocycles. The molecule has 3 rings (SSSR count). The van der Waals surface area contributed by atoms with Gasteiger partial charge in [0, 0.05) is 24.7 Å². The summed E-state index contributed by atoms with van der Waals surface area (Å²) in [6.45, 7) is 5.04. The number of hydrogen-bond donors (Lipinski definition) is 2. The van der Waals surface area contributed by atoms with Crippen LogP contribution in [0.2, 0.25) is 0 Å². The van der Waals surface area contributed by atoms with Crippen LogP contribution in [-0.4, -0.2) is 62.9 Å². The third-order valence-electron chi connectivity index (χ3n) is 5.89. The number of amides is 2. The van der Waals surface area contributed by atoms with E-state index in [0.717, 1.165) is 25.7 Å². The van der Waals surface area contributed by atoms with E-state index in [0.29, 0.717) is 13.2 Å². The van der Waals surface area contributed by atoms with Crippen LogP contribution < -0.4 is 10.6 Å². The zero-order chi connectivity index (χ0) is 22.4. The van der Waals surface area contributed by atoms with Crippen LogP contribution in [0.15, 0.2) is 29.2 Å². The van der Waals surface area contributed by atoms with Crippen LogP contribution in [0, 0.1) is 5.92 Å². The Bertz CT molecular complexity index is 875. The summed E-state index contributed by atoms with van der Waals surface area (Å²) in [6, 6.07) is 5.43.